The minimum absolute atomic E-state index is 0.249. The Balaban J connectivity index is 1.92. The van der Waals surface area contributed by atoms with Crippen molar-refractivity contribution in [1.82, 2.24) is 20.3 Å². The second-order valence-corrected chi connectivity index (χ2v) is 4.92. The molecule has 100 valence electrons. The largest absolute Gasteiger partial charge is 0.369 e. The zero-order valence-corrected chi connectivity index (χ0v) is 11.6. The fourth-order valence-corrected chi connectivity index (χ4v) is 2.08. The number of aryl methyl sites for hydroxylation is 1. The van der Waals surface area contributed by atoms with Gasteiger partial charge in [-0.05, 0) is 13.8 Å². The number of hydrogen-bond acceptors (Lipinski definition) is 6. The number of hydrogen-bond donors (Lipinski definition) is 2. The van der Waals surface area contributed by atoms with Gasteiger partial charge in [-0.25, -0.2) is 15.0 Å². The maximum atomic E-state index is 11.8. The summed E-state index contributed by atoms with van der Waals surface area (Å²) in [4.78, 5) is 24.3. The lowest BCUT2D eigenvalue weighted by molar-refractivity contribution is 0.0945. The van der Waals surface area contributed by atoms with Crippen LogP contribution in [0.1, 0.15) is 28.1 Å². The van der Waals surface area contributed by atoms with Crippen molar-refractivity contribution in [1.29, 1.82) is 0 Å². The first-order valence-electron chi connectivity index (χ1n) is 5.94. The normalized spacial score (nSPS) is 10.2. The van der Waals surface area contributed by atoms with Crippen LogP contribution in [0.5, 0.6) is 0 Å². The maximum Gasteiger partial charge on any atom is 0.271 e. The first kappa shape index (κ1) is 13.4. The molecular formula is C12H15N5OS. The standard InChI is InChI=1S/C12H15N5OS/c1-3-13-11-6-14-10(5-15-11)12(18)16-4-9-7-19-8(2)17-9/h5-7H,3-4H2,1-2H3,(H,13,15)(H,16,18). The Labute approximate surface area is 115 Å². The number of rotatable bonds is 5. The van der Waals surface area contributed by atoms with E-state index in [2.05, 4.69) is 25.6 Å². The van der Waals surface area contributed by atoms with Crippen LogP contribution in [-0.2, 0) is 6.54 Å². The fraction of sp³-hybridized carbons (Fsp3) is 0.333. The molecule has 0 saturated carbocycles. The zero-order valence-electron chi connectivity index (χ0n) is 10.8. The third-order valence-corrected chi connectivity index (χ3v) is 3.16. The molecule has 1 amide bonds. The molecular weight excluding hydrogens is 262 g/mol. The Morgan fingerprint density at radius 2 is 2.21 bits per heavy atom. The number of carbonyl (C=O) groups excluding carboxylic acids is 1. The molecule has 0 unspecified atom stereocenters. The SMILES string of the molecule is CCNc1cnc(C(=O)NCc2csc(C)n2)cn1. The van der Waals surface area contributed by atoms with Gasteiger partial charge in [0.05, 0.1) is 29.6 Å². The molecule has 0 fully saturated rings. The molecule has 0 aliphatic rings. The molecule has 2 aromatic heterocycles. The summed E-state index contributed by atoms with van der Waals surface area (Å²) in [5, 5.41) is 8.69. The lowest BCUT2D eigenvalue weighted by Crippen LogP contribution is -2.24. The predicted octanol–water partition coefficient (Wildman–Crippen LogP) is 1.60. The van der Waals surface area contributed by atoms with E-state index in [1.807, 2.05) is 19.2 Å². The molecule has 2 N–H and O–H groups in total. The van der Waals surface area contributed by atoms with Crippen molar-refractivity contribution in [3.8, 4) is 0 Å². The quantitative estimate of drug-likeness (QED) is 0.868. The summed E-state index contributed by atoms with van der Waals surface area (Å²) in [6.45, 7) is 5.07. The molecule has 2 rings (SSSR count). The fourth-order valence-electron chi connectivity index (χ4n) is 1.47. The van der Waals surface area contributed by atoms with Crippen molar-refractivity contribution >= 4 is 23.1 Å². The third-order valence-electron chi connectivity index (χ3n) is 2.34. The van der Waals surface area contributed by atoms with E-state index in [0.717, 1.165) is 17.2 Å². The van der Waals surface area contributed by atoms with Gasteiger partial charge in [-0.1, -0.05) is 0 Å². The Morgan fingerprint density at radius 3 is 2.79 bits per heavy atom. The molecule has 6 nitrogen and oxygen atoms in total. The number of amides is 1. The number of carbonyl (C=O) groups is 1. The predicted molar refractivity (Wildman–Crippen MR) is 74.2 cm³/mol. The average molecular weight is 277 g/mol. The van der Waals surface area contributed by atoms with E-state index >= 15 is 0 Å². The van der Waals surface area contributed by atoms with Gasteiger partial charge in [0.25, 0.3) is 5.91 Å². The van der Waals surface area contributed by atoms with Gasteiger partial charge >= 0.3 is 0 Å². The van der Waals surface area contributed by atoms with Crippen molar-refractivity contribution < 1.29 is 4.79 Å². The number of aromatic nitrogens is 3. The van der Waals surface area contributed by atoms with Gasteiger partial charge < -0.3 is 10.6 Å². The highest BCUT2D eigenvalue weighted by molar-refractivity contribution is 7.09. The topological polar surface area (TPSA) is 79.8 Å². The minimum Gasteiger partial charge on any atom is -0.369 e. The van der Waals surface area contributed by atoms with Gasteiger partial charge in [0.2, 0.25) is 0 Å². The van der Waals surface area contributed by atoms with Gasteiger partial charge in [-0.15, -0.1) is 11.3 Å². The molecule has 7 heteroatoms. The minimum atomic E-state index is -0.249. The Bertz CT molecular complexity index is 552. The van der Waals surface area contributed by atoms with Crippen molar-refractivity contribution in [2.24, 2.45) is 0 Å². The summed E-state index contributed by atoms with van der Waals surface area (Å²) in [7, 11) is 0. The van der Waals surface area contributed by atoms with Crippen LogP contribution >= 0.6 is 11.3 Å². The number of thiazole rings is 1. The lowest BCUT2D eigenvalue weighted by Gasteiger charge is -2.04. The molecule has 0 atom stereocenters. The van der Waals surface area contributed by atoms with Crippen molar-refractivity contribution in [3.63, 3.8) is 0 Å². The van der Waals surface area contributed by atoms with Crippen LogP contribution in [0.3, 0.4) is 0 Å². The molecule has 0 aliphatic carbocycles. The molecule has 19 heavy (non-hydrogen) atoms. The summed E-state index contributed by atoms with van der Waals surface area (Å²) in [5.41, 5.74) is 1.15. The molecule has 2 aromatic rings. The lowest BCUT2D eigenvalue weighted by atomic mass is 10.4. The molecule has 0 aliphatic heterocycles. The molecule has 0 spiro atoms. The molecule has 0 bridgehead atoms. The molecule has 0 radical (unpaired) electrons. The van der Waals surface area contributed by atoms with Crippen LogP contribution in [0.15, 0.2) is 17.8 Å². The Hall–Kier alpha value is -2.02. The van der Waals surface area contributed by atoms with Gasteiger partial charge in [0, 0.05) is 11.9 Å². The van der Waals surface area contributed by atoms with Gasteiger partial charge in [0.15, 0.2) is 0 Å². The average Bonchev–Trinajstić information content (AvgIpc) is 2.83. The van der Waals surface area contributed by atoms with Crippen LogP contribution in [0.2, 0.25) is 0 Å². The number of nitrogens with zero attached hydrogens (tertiary/aromatic N) is 3. The van der Waals surface area contributed by atoms with E-state index in [1.165, 1.54) is 6.20 Å². The molecule has 2 heterocycles. The first-order chi connectivity index (χ1) is 9.19. The van der Waals surface area contributed by atoms with Crippen LogP contribution in [-0.4, -0.2) is 27.4 Å². The number of anilines is 1. The smallest absolute Gasteiger partial charge is 0.271 e. The second-order valence-electron chi connectivity index (χ2n) is 3.86. The first-order valence-corrected chi connectivity index (χ1v) is 6.82. The van der Waals surface area contributed by atoms with E-state index in [1.54, 1.807) is 17.5 Å². The van der Waals surface area contributed by atoms with Gasteiger partial charge in [-0.3, -0.25) is 4.79 Å². The summed E-state index contributed by atoms with van der Waals surface area (Å²) in [6, 6.07) is 0. The van der Waals surface area contributed by atoms with E-state index in [-0.39, 0.29) is 5.91 Å². The van der Waals surface area contributed by atoms with Gasteiger partial charge in [0.1, 0.15) is 11.5 Å². The third kappa shape index (κ3) is 3.72. The Morgan fingerprint density at radius 1 is 1.37 bits per heavy atom. The van der Waals surface area contributed by atoms with E-state index in [0.29, 0.717) is 18.1 Å². The van der Waals surface area contributed by atoms with Crippen LogP contribution in [0, 0.1) is 6.92 Å². The highest BCUT2D eigenvalue weighted by atomic mass is 32.1. The summed E-state index contributed by atoms with van der Waals surface area (Å²) >= 11 is 1.56. The highest BCUT2D eigenvalue weighted by Crippen LogP contribution is 2.07. The van der Waals surface area contributed by atoms with Crippen LogP contribution in [0.25, 0.3) is 0 Å². The number of nitrogens with one attached hydrogen (secondary N) is 2. The second kappa shape index (κ2) is 6.24. The van der Waals surface area contributed by atoms with E-state index in [9.17, 15) is 4.79 Å². The van der Waals surface area contributed by atoms with Crippen molar-refractivity contribution in [2.45, 2.75) is 20.4 Å². The molecule has 0 aromatic carbocycles. The highest BCUT2D eigenvalue weighted by Gasteiger charge is 2.08. The molecule has 0 saturated heterocycles. The maximum absolute atomic E-state index is 11.8. The Kier molecular flexibility index (Phi) is 4.40. The summed E-state index contributed by atoms with van der Waals surface area (Å²) in [6.07, 6.45) is 3.00. The van der Waals surface area contributed by atoms with E-state index in [4.69, 9.17) is 0 Å². The summed E-state index contributed by atoms with van der Waals surface area (Å²) < 4.78 is 0. The van der Waals surface area contributed by atoms with Crippen molar-refractivity contribution in [2.75, 3.05) is 11.9 Å². The monoisotopic (exact) mass is 277 g/mol. The van der Waals surface area contributed by atoms with Crippen LogP contribution < -0.4 is 10.6 Å². The van der Waals surface area contributed by atoms with Gasteiger partial charge in [-0.2, -0.15) is 0 Å². The van der Waals surface area contributed by atoms with E-state index < -0.39 is 0 Å². The van der Waals surface area contributed by atoms with Crippen LogP contribution in [0.4, 0.5) is 5.82 Å². The zero-order chi connectivity index (χ0) is 13.7. The summed E-state index contributed by atoms with van der Waals surface area (Å²) in [5.74, 6) is 0.412. The van der Waals surface area contributed by atoms with Crippen molar-refractivity contribution in [3.05, 3.63) is 34.2 Å².